The molecule has 0 bridgehead atoms. The van der Waals surface area contributed by atoms with Crippen molar-refractivity contribution in [1.29, 1.82) is 0 Å². The van der Waals surface area contributed by atoms with Crippen LogP contribution in [0, 0.1) is 5.92 Å². The lowest BCUT2D eigenvalue weighted by Gasteiger charge is -2.36. The van der Waals surface area contributed by atoms with Crippen LogP contribution in [0.3, 0.4) is 0 Å². The first kappa shape index (κ1) is 17.8. The number of hydrogen-bond donors (Lipinski definition) is 0. The molecular formula is C14H30O3Si. The topological polar surface area (TPSA) is 35.5 Å². The third-order valence-corrected chi connectivity index (χ3v) is 8.71. The fourth-order valence-electron chi connectivity index (χ4n) is 1.48. The molecular weight excluding hydrogens is 244 g/mol. The van der Waals surface area contributed by atoms with Crippen LogP contribution in [0.15, 0.2) is 0 Å². The lowest BCUT2D eigenvalue weighted by molar-refractivity contribution is -0.124. The Labute approximate surface area is 113 Å². The Kier molecular flexibility index (Phi) is 6.75. The predicted octanol–water partition coefficient (Wildman–Crippen LogP) is 3.64. The summed E-state index contributed by atoms with van der Waals surface area (Å²) in [6, 6.07) is 0. The molecule has 0 aliphatic heterocycles. The van der Waals surface area contributed by atoms with E-state index in [9.17, 15) is 4.79 Å². The largest absolute Gasteiger partial charge is 0.417 e. The highest BCUT2D eigenvalue weighted by atomic mass is 28.4. The van der Waals surface area contributed by atoms with Gasteiger partial charge in [0.15, 0.2) is 8.32 Å². The molecule has 0 aliphatic rings. The second kappa shape index (κ2) is 6.82. The summed E-state index contributed by atoms with van der Waals surface area (Å²) in [6.45, 7) is 15.4. The number of rotatable bonds is 7. The van der Waals surface area contributed by atoms with Crippen molar-refractivity contribution >= 4 is 14.1 Å². The molecule has 0 amide bonds. The number of carbonyl (C=O) groups is 1. The molecule has 0 aliphatic carbocycles. The molecule has 0 saturated heterocycles. The predicted molar refractivity (Wildman–Crippen MR) is 78.4 cm³/mol. The van der Waals surface area contributed by atoms with Crippen LogP contribution in [0.2, 0.25) is 18.1 Å². The average molecular weight is 274 g/mol. The van der Waals surface area contributed by atoms with Crippen LogP contribution >= 0.6 is 0 Å². The van der Waals surface area contributed by atoms with Crippen LogP contribution in [-0.2, 0) is 14.0 Å². The van der Waals surface area contributed by atoms with Crippen molar-refractivity contribution in [2.75, 3.05) is 13.7 Å². The first-order valence-electron chi connectivity index (χ1n) is 6.70. The first-order valence-corrected chi connectivity index (χ1v) is 9.61. The molecule has 0 aromatic rings. The van der Waals surface area contributed by atoms with Gasteiger partial charge in [0.2, 0.25) is 0 Å². The molecule has 0 saturated carbocycles. The molecule has 0 unspecified atom stereocenters. The van der Waals surface area contributed by atoms with Gasteiger partial charge in [0.05, 0.1) is 6.10 Å². The van der Waals surface area contributed by atoms with Gasteiger partial charge in [-0.15, -0.1) is 0 Å². The van der Waals surface area contributed by atoms with Crippen molar-refractivity contribution in [3.05, 3.63) is 0 Å². The third kappa shape index (κ3) is 5.20. The highest BCUT2D eigenvalue weighted by Crippen LogP contribution is 2.36. The summed E-state index contributed by atoms with van der Waals surface area (Å²) < 4.78 is 11.5. The van der Waals surface area contributed by atoms with Gasteiger partial charge in [0, 0.05) is 19.6 Å². The van der Waals surface area contributed by atoms with E-state index in [1.165, 1.54) is 0 Å². The van der Waals surface area contributed by atoms with Crippen molar-refractivity contribution in [2.24, 2.45) is 5.92 Å². The van der Waals surface area contributed by atoms with E-state index >= 15 is 0 Å². The molecule has 0 N–H and O–H groups in total. The minimum absolute atomic E-state index is 0.0349. The van der Waals surface area contributed by atoms with Crippen molar-refractivity contribution in [3.63, 3.8) is 0 Å². The van der Waals surface area contributed by atoms with Crippen LogP contribution < -0.4 is 0 Å². The lowest BCUT2D eigenvalue weighted by Crippen LogP contribution is -2.41. The summed E-state index contributed by atoms with van der Waals surface area (Å²) in [4.78, 5) is 11.4. The van der Waals surface area contributed by atoms with Gasteiger partial charge in [0.1, 0.15) is 5.78 Å². The second-order valence-electron chi connectivity index (χ2n) is 6.57. The quantitative estimate of drug-likeness (QED) is 0.665. The highest BCUT2D eigenvalue weighted by molar-refractivity contribution is 6.74. The molecule has 4 heteroatoms. The zero-order chi connectivity index (χ0) is 14.6. The van der Waals surface area contributed by atoms with Crippen molar-refractivity contribution in [3.8, 4) is 0 Å². The minimum Gasteiger partial charge on any atom is -0.417 e. The molecule has 18 heavy (non-hydrogen) atoms. The van der Waals surface area contributed by atoms with Crippen molar-refractivity contribution < 1.29 is 14.0 Å². The molecule has 0 rings (SSSR count). The molecule has 0 spiro atoms. The van der Waals surface area contributed by atoms with Crippen LogP contribution in [0.5, 0.6) is 0 Å². The fourth-order valence-corrected chi connectivity index (χ4v) is 2.54. The number of hydrogen-bond acceptors (Lipinski definition) is 3. The van der Waals surface area contributed by atoms with Gasteiger partial charge >= 0.3 is 0 Å². The molecule has 0 radical (unpaired) electrons. The van der Waals surface area contributed by atoms with Gasteiger partial charge in [-0.1, -0.05) is 27.7 Å². The van der Waals surface area contributed by atoms with E-state index in [-0.39, 0.29) is 22.8 Å². The van der Waals surface area contributed by atoms with Crippen molar-refractivity contribution in [1.82, 2.24) is 0 Å². The first-order chi connectivity index (χ1) is 8.03. The standard InChI is InChI=1S/C14H30O3Si/c1-11(12(2)15)13(16-6)9-10-17-18(7,8)14(3,4)5/h11,13H,9-10H2,1-8H3/t11-,13+/m1/s1. The second-order valence-corrected chi connectivity index (χ2v) is 11.4. The van der Waals surface area contributed by atoms with Gasteiger partial charge in [-0.3, -0.25) is 4.79 Å². The molecule has 0 aromatic heterocycles. The number of carbonyl (C=O) groups excluding carboxylic acids is 1. The van der Waals surface area contributed by atoms with Crippen LogP contribution in [0.4, 0.5) is 0 Å². The van der Waals surface area contributed by atoms with Gasteiger partial charge < -0.3 is 9.16 Å². The molecule has 108 valence electrons. The summed E-state index contributed by atoms with van der Waals surface area (Å²) in [5, 5.41) is 0.224. The van der Waals surface area contributed by atoms with E-state index in [2.05, 4.69) is 33.9 Å². The van der Waals surface area contributed by atoms with E-state index in [4.69, 9.17) is 9.16 Å². The zero-order valence-electron chi connectivity index (χ0n) is 13.3. The Bertz CT molecular complexity index is 269. The van der Waals surface area contributed by atoms with Gasteiger partial charge in [-0.05, 0) is 31.5 Å². The fraction of sp³-hybridized carbons (Fsp3) is 0.929. The van der Waals surface area contributed by atoms with E-state index in [1.807, 2.05) is 6.92 Å². The van der Waals surface area contributed by atoms with Crippen LogP contribution in [0.25, 0.3) is 0 Å². The normalized spacial score (nSPS) is 16.4. The lowest BCUT2D eigenvalue weighted by atomic mass is 9.98. The average Bonchev–Trinajstić information content (AvgIpc) is 2.21. The van der Waals surface area contributed by atoms with Gasteiger partial charge in [-0.2, -0.15) is 0 Å². The van der Waals surface area contributed by atoms with Gasteiger partial charge in [-0.25, -0.2) is 0 Å². The SMILES string of the molecule is CO[C@@H](CCO[Si](C)(C)C(C)(C)C)[C@H](C)C(C)=O. The maximum Gasteiger partial charge on any atom is 0.191 e. The summed E-state index contributed by atoms with van der Waals surface area (Å²) in [6.07, 6.45) is 0.747. The Hall–Kier alpha value is -0.193. The summed E-state index contributed by atoms with van der Waals surface area (Å²) in [7, 11) is -0.0238. The molecule has 0 heterocycles. The number of Topliss-reactive ketones (excluding diaryl/α,β-unsaturated/α-hetero) is 1. The maximum atomic E-state index is 11.4. The maximum absolute atomic E-state index is 11.4. The van der Waals surface area contributed by atoms with Gasteiger partial charge in [0.25, 0.3) is 0 Å². The van der Waals surface area contributed by atoms with E-state index in [0.717, 1.165) is 6.42 Å². The third-order valence-electron chi connectivity index (χ3n) is 4.17. The van der Waals surface area contributed by atoms with Crippen LogP contribution in [0.1, 0.15) is 41.0 Å². The monoisotopic (exact) mass is 274 g/mol. The van der Waals surface area contributed by atoms with Crippen molar-refractivity contribution in [2.45, 2.75) is 65.3 Å². The smallest absolute Gasteiger partial charge is 0.191 e. The minimum atomic E-state index is -1.69. The molecule has 0 aromatic carbocycles. The molecule has 0 fully saturated rings. The summed E-state index contributed by atoms with van der Waals surface area (Å²) >= 11 is 0. The number of ether oxygens (including phenoxy) is 1. The number of ketones is 1. The Balaban J connectivity index is 4.29. The molecule has 3 nitrogen and oxygen atoms in total. The van der Waals surface area contributed by atoms with E-state index in [1.54, 1.807) is 14.0 Å². The Morgan fingerprint density at radius 2 is 1.78 bits per heavy atom. The Morgan fingerprint density at radius 1 is 1.28 bits per heavy atom. The van der Waals surface area contributed by atoms with E-state index < -0.39 is 8.32 Å². The highest BCUT2D eigenvalue weighted by Gasteiger charge is 2.37. The zero-order valence-corrected chi connectivity index (χ0v) is 14.3. The number of methoxy groups -OCH3 is 1. The van der Waals surface area contributed by atoms with E-state index in [0.29, 0.717) is 6.61 Å². The summed E-state index contributed by atoms with van der Waals surface area (Å²) in [5.74, 6) is 0.118. The Morgan fingerprint density at radius 3 is 2.11 bits per heavy atom. The summed E-state index contributed by atoms with van der Waals surface area (Å²) in [5.41, 5.74) is 0. The molecule has 2 atom stereocenters. The van der Waals surface area contributed by atoms with Crippen LogP contribution in [-0.4, -0.2) is 33.9 Å².